The van der Waals surface area contributed by atoms with Crippen LogP contribution in [0.4, 0.5) is 27.1 Å². The number of amides is 2. The molecule has 1 aliphatic heterocycles. The zero-order chi connectivity index (χ0) is 23.9. The summed E-state index contributed by atoms with van der Waals surface area (Å²) in [5, 5.41) is 8.76. The van der Waals surface area contributed by atoms with E-state index in [1.165, 1.54) is 24.3 Å². The number of rotatable bonds is 7. The van der Waals surface area contributed by atoms with Crippen LogP contribution in [-0.4, -0.2) is 44.2 Å². The Morgan fingerprint density at radius 2 is 1.50 bits per heavy atom. The van der Waals surface area contributed by atoms with Gasteiger partial charge in [0.1, 0.15) is 11.9 Å². The van der Waals surface area contributed by atoms with Gasteiger partial charge in [-0.2, -0.15) is 0 Å². The molecular formula is C26H27FN4O3. The molecule has 0 bridgehead atoms. The van der Waals surface area contributed by atoms with Gasteiger partial charge in [0, 0.05) is 35.8 Å². The van der Waals surface area contributed by atoms with Crippen LogP contribution in [0.5, 0.6) is 0 Å². The number of hydrogen-bond donors (Lipinski definition) is 3. The molecule has 8 heteroatoms. The zero-order valence-corrected chi connectivity index (χ0v) is 18.9. The number of para-hydroxylation sites is 1. The van der Waals surface area contributed by atoms with Gasteiger partial charge in [0.05, 0.1) is 18.8 Å². The summed E-state index contributed by atoms with van der Waals surface area (Å²) < 4.78 is 18.5. The van der Waals surface area contributed by atoms with E-state index >= 15 is 0 Å². The van der Waals surface area contributed by atoms with Crippen molar-refractivity contribution in [1.29, 1.82) is 0 Å². The van der Waals surface area contributed by atoms with Crippen LogP contribution in [0.1, 0.15) is 17.3 Å². The van der Waals surface area contributed by atoms with E-state index in [2.05, 4.69) is 20.9 Å². The molecule has 3 N–H and O–H groups in total. The van der Waals surface area contributed by atoms with Crippen LogP contribution in [-0.2, 0) is 9.53 Å². The van der Waals surface area contributed by atoms with Crippen molar-refractivity contribution in [1.82, 2.24) is 0 Å². The first-order valence-electron chi connectivity index (χ1n) is 11.2. The van der Waals surface area contributed by atoms with Crippen molar-refractivity contribution in [3.05, 3.63) is 84.2 Å². The molecule has 0 aromatic heterocycles. The molecule has 0 radical (unpaired) electrons. The van der Waals surface area contributed by atoms with Gasteiger partial charge in [0.15, 0.2) is 0 Å². The lowest BCUT2D eigenvalue weighted by atomic mass is 10.1. The van der Waals surface area contributed by atoms with E-state index in [0.717, 1.165) is 18.8 Å². The van der Waals surface area contributed by atoms with Crippen molar-refractivity contribution in [2.75, 3.05) is 47.2 Å². The van der Waals surface area contributed by atoms with Crippen molar-refractivity contribution in [3.8, 4) is 0 Å². The van der Waals surface area contributed by atoms with Gasteiger partial charge in [0.25, 0.3) is 5.91 Å². The first kappa shape index (κ1) is 23.3. The maximum atomic E-state index is 13.1. The summed E-state index contributed by atoms with van der Waals surface area (Å²) in [7, 11) is 0. The first-order chi connectivity index (χ1) is 16.5. The van der Waals surface area contributed by atoms with Crippen molar-refractivity contribution >= 4 is 34.6 Å². The van der Waals surface area contributed by atoms with E-state index in [9.17, 15) is 14.0 Å². The minimum atomic E-state index is -0.598. The fraction of sp³-hybridized carbons (Fsp3) is 0.231. The Labute approximate surface area is 197 Å². The molecule has 34 heavy (non-hydrogen) atoms. The fourth-order valence-corrected chi connectivity index (χ4v) is 3.67. The number of nitrogens with zero attached hydrogens (tertiary/aromatic N) is 1. The highest BCUT2D eigenvalue weighted by atomic mass is 19.1. The molecule has 2 amide bonds. The molecule has 1 aliphatic rings. The zero-order valence-electron chi connectivity index (χ0n) is 18.9. The predicted molar refractivity (Wildman–Crippen MR) is 132 cm³/mol. The molecule has 3 aromatic carbocycles. The summed E-state index contributed by atoms with van der Waals surface area (Å²) in [6.45, 7) is 4.85. The summed E-state index contributed by atoms with van der Waals surface area (Å²) in [6.07, 6.45) is 0. The number of halogens is 1. The van der Waals surface area contributed by atoms with Gasteiger partial charge >= 0.3 is 0 Å². The van der Waals surface area contributed by atoms with Crippen molar-refractivity contribution in [3.63, 3.8) is 0 Å². The van der Waals surface area contributed by atoms with Crippen LogP contribution in [0.15, 0.2) is 72.8 Å². The quantitative estimate of drug-likeness (QED) is 0.486. The molecule has 0 saturated carbocycles. The summed E-state index contributed by atoms with van der Waals surface area (Å²) in [4.78, 5) is 27.8. The second-order valence-corrected chi connectivity index (χ2v) is 8.01. The molecule has 1 heterocycles. The number of hydrogen-bond acceptors (Lipinski definition) is 5. The third-order valence-corrected chi connectivity index (χ3v) is 5.55. The second-order valence-electron chi connectivity index (χ2n) is 8.01. The lowest BCUT2D eigenvalue weighted by molar-refractivity contribution is -0.116. The lowest BCUT2D eigenvalue weighted by Gasteiger charge is -2.29. The van der Waals surface area contributed by atoms with Crippen LogP contribution in [0, 0.1) is 5.82 Å². The van der Waals surface area contributed by atoms with Gasteiger partial charge in [-0.25, -0.2) is 4.39 Å². The topological polar surface area (TPSA) is 82.7 Å². The van der Waals surface area contributed by atoms with Crippen LogP contribution in [0.3, 0.4) is 0 Å². The smallest absolute Gasteiger partial charge is 0.257 e. The predicted octanol–water partition coefficient (Wildman–Crippen LogP) is 4.35. The molecule has 4 rings (SSSR count). The Hall–Kier alpha value is -3.91. The fourth-order valence-electron chi connectivity index (χ4n) is 3.67. The van der Waals surface area contributed by atoms with Gasteiger partial charge in [-0.3, -0.25) is 9.59 Å². The molecule has 0 spiro atoms. The standard InChI is InChI=1S/C26H27FN4O3/c1-18(25(32)29-21-10-12-22(13-11-21)31-14-16-34-17-15-31)28-24-5-3-2-4-23(24)26(33)30-20-8-6-19(27)7-9-20/h2-13,18,28H,14-17H2,1H3,(H,29,32)(H,30,33). The number of ether oxygens (including phenoxy) is 1. The van der Waals surface area contributed by atoms with E-state index in [1.807, 2.05) is 24.3 Å². The van der Waals surface area contributed by atoms with Gasteiger partial charge in [-0.1, -0.05) is 12.1 Å². The van der Waals surface area contributed by atoms with Gasteiger partial charge in [-0.05, 0) is 67.6 Å². The van der Waals surface area contributed by atoms with Crippen LogP contribution in [0.25, 0.3) is 0 Å². The third kappa shape index (κ3) is 5.90. The molecule has 7 nitrogen and oxygen atoms in total. The van der Waals surface area contributed by atoms with Gasteiger partial charge in [-0.15, -0.1) is 0 Å². The Balaban J connectivity index is 1.37. The Morgan fingerprint density at radius 1 is 0.882 bits per heavy atom. The summed E-state index contributed by atoms with van der Waals surface area (Å²) in [5.41, 5.74) is 3.16. The number of carbonyl (C=O) groups is 2. The third-order valence-electron chi connectivity index (χ3n) is 5.55. The van der Waals surface area contributed by atoms with Crippen LogP contribution in [0.2, 0.25) is 0 Å². The minimum absolute atomic E-state index is 0.229. The van der Waals surface area contributed by atoms with Crippen LogP contribution < -0.4 is 20.9 Å². The highest BCUT2D eigenvalue weighted by Crippen LogP contribution is 2.21. The van der Waals surface area contributed by atoms with Gasteiger partial charge in [0.2, 0.25) is 5.91 Å². The van der Waals surface area contributed by atoms with E-state index in [0.29, 0.717) is 35.8 Å². The molecule has 1 unspecified atom stereocenters. The molecule has 1 saturated heterocycles. The number of benzene rings is 3. The molecular weight excluding hydrogens is 435 g/mol. The average Bonchev–Trinajstić information content (AvgIpc) is 2.86. The van der Waals surface area contributed by atoms with E-state index in [1.54, 1.807) is 31.2 Å². The summed E-state index contributed by atoms with van der Waals surface area (Å²) >= 11 is 0. The van der Waals surface area contributed by atoms with E-state index in [4.69, 9.17) is 4.74 Å². The van der Waals surface area contributed by atoms with E-state index < -0.39 is 6.04 Å². The second kappa shape index (κ2) is 10.8. The van der Waals surface area contributed by atoms with Crippen molar-refractivity contribution < 1.29 is 18.7 Å². The molecule has 0 aliphatic carbocycles. The average molecular weight is 463 g/mol. The Kier molecular flexibility index (Phi) is 7.39. The normalized spacial score (nSPS) is 14.2. The lowest BCUT2D eigenvalue weighted by Crippen LogP contribution is -2.36. The van der Waals surface area contributed by atoms with E-state index in [-0.39, 0.29) is 17.6 Å². The molecule has 176 valence electrons. The van der Waals surface area contributed by atoms with Crippen molar-refractivity contribution in [2.45, 2.75) is 13.0 Å². The summed E-state index contributed by atoms with van der Waals surface area (Å²) in [6, 6.07) is 19.6. The highest BCUT2D eigenvalue weighted by molar-refractivity contribution is 6.08. The van der Waals surface area contributed by atoms with Gasteiger partial charge < -0.3 is 25.6 Å². The minimum Gasteiger partial charge on any atom is -0.378 e. The monoisotopic (exact) mass is 462 g/mol. The first-order valence-corrected chi connectivity index (χ1v) is 11.2. The Bertz CT molecular complexity index is 1130. The Morgan fingerprint density at radius 3 is 2.21 bits per heavy atom. The van der Waals surface area contributed by atoms with Crippen LogP contribution >= 0.6 is 0 Å². The highest BCUT2D eigenvalue weighted by Gasteiger charge is 2.18. The maximum absolute atomic E-state index is 13.1. The summed E-state index contributed by atoms with van der Waals surface area (Å²) in [5.74, 6) is -0.968. The molecule has 1 atom stereocenters. The largest absolute Gasteiger partial charge is 0.378 e. The molecule has 3 aromatic rings. The number of morpholine rings is 1. The number of nitrogens with one attached hydrogen (secondary N) is 3. The molecule has 1 fully saturated rings. The maximum Gasteiger partial charge on any atom is 0.257 e. The SMILES string of the molecule is CC(Nc1ccccc1C(=O)Nc1ccc(F)cc1)C(=O)Nc1ccc(N2CCOCC2)cc1. The number of carbonyl (C=O) groups excluding carboxylic acids is 2. The van der Waals surface area contributed by atoms with Crippen molar-refractivity contribution in [2.24, 2.45) is 0 Å². The number of anilines is 4.